The van der Waals surface area contributed by atoms with E-state index in [0.29, 0.717) is 0 Å². The Hall–Kier alpha value is -2.35. The lowest BCUT2D eigenvalue weighted by molar-refractivity contribution is -0.147. The Bertz CT molecular complexity index is 589. The Labute approximate surface area is 137 Å². The number of carbonyl (C=O) groups is 4. The van der Waals surface area contributed by atoms with Gasteiger partial charge in [-0.2, -0.15) is 0 Å². The van der Waals surface area contributed by atoms with Gasteiger partial charge in [-0.1, -0.05) is 42.1 Å². The monoisotopic (exact) mass is 336 g/mol. The smallest absolute Gasteiger partial charge is 0.310 e. The zero-order valence-corrected chi connectivity index (χ0v) is 13.1. The number of nitrogens with zero attached hydrogens (tertiary/aromatic N) is 1. The number of rotatable bonds is 7. The van der Waals surface area contributed by atoms with Crippen molar-refractivity contribution in [1.29, 1.82) is 0 Å². The maximum Gasteiger partial charge on any atom is 0.310 e. The highest BCUT2D eigenvalue weighted by Crippen LogP contribution is 2.17. The highest BCUT2D eigenvalue weighted by Gasteiger charge is 2.29. The van der Waals surface area contributed by atoms with E-state index in [1.165, 1.54) is 0 Å². The van der Waals surface area contributed by atoms with Crippen LogP contribution in [0, 0.1) is 0 Å². The fourth-order valence-corrected chi connectivity index (χ4v) is 2.67. The predicted octanol–water partition coefficient (Wildman–Crippen LogP) is 0.584. The Morgan fingerprint density at radius 2 is 1.96 bits per heavy atom. The van der Waals surface area contributed by atoms with Crippen molar-refractivity contribution in [2.75, 3.05) is 25.4 Å². The number of esters is 1. The lowest BCUT2D eigenvalue weighted by Gasteiger charge is -2.13. The minimum atomic E-state index is -0.493. The number of nitrogens with one attached hydrogen (secondary N) is 1. The van der Waals surface area contributed by atoms with Crippen LogP contribution in [0.15, 0.2) is 30.3 Å². The number of hydrogen-bond acceptors (Lipinski definition) is 6. The number of amides is 3. The molecule has 3 amide bonds. The van der Waals surface area contributed by atoms with Gasteiger partial charge in [-0.05, 0) is 5.56 Å². The number of ether oxygens (including phenoxy) is 1. The second-order valence-electron chi connectivity index (χ2n) is 4.77. The standard InChI is InChI=1S/C15H16N2O5S/c18-12(16-6-7-17-13(19)10-23-15(17)21)9-22-14(20)8-11-4-2-1-3-5-11/h1-5H,6-10H2,(H,16,18). The molecule has 0 unspecified atom stereocenters. The molecule has 23 heavy (non-hydrogen) atoms. The number of thioether (sulfide) groups is 1. The minimum absolute atomic E-state index is 0.0993. The van der Waals surface area contributed by atoms with Gasteiger partial charge in [-0.3, -0.25) is 24.1 Å². The van der Waals surface area contributed by atoms with Gasteiger partial charge in [0.1, 0.15) is 0 Å². The molecule has 1 aliphatic heterocycles. The van der Waals surface area contributed by atoms with Gasteiger partial charge in [-0.15, -0.1) is 0 Å². The first-order chi connectivity index (χ1) is 11.1. The van der Waals surface area contributed by atoms with Crippen molar-refractivity contribution in [2.45, 2.75) is 6.42 Å². The molecule has 1 heterocycles. The van der Waals surface area contributed by atoms with E-state index in [0.717, 1.165) is 22.2 Å². The van der Waals surface area contributed by atoms with Gasteiger partial charge in [0.25, 0.3) is 11.1 Å². The van der Waals surface area contributed by atoms with E-state index < -0.39 is 11.9 Å². The summed E-state index contributed by atoms with van der Waals surface area (Å²) in [7, 11) is 0. The second-order valence-corrected chi connectivity index (χ2v) is 5.70. The van der Waals surface area contributed by atoms with Crippen molar-refractivity contribution in [3.05, 3.63) is 35.9 Å². The van der Waals surface area contributed by atoms with Crippen LogP contribution >= 0.6 is 11.8 Å². The third-order valence-electron chi connectivity index (χ3n) is 3.05. The zero-order chi connectivity index (χ0) is 16.7. The molecule has 2 rings (SSSR count). The summed E-state index contributed by atoms with van der Waals surface area (Å²) in [6.07, 6.45) is 0.0993. The number of hydrogen-bond donors (Lipinski definition) is 1. The van der Waals surface area contributed by atoms with Gasteiger partial charge in [0.2, 0.25) is 5.91 Å². The van der Waals surface area contributed by atoms with Crippen LogP contribution in [0.3, 0.4) is 0 Å². The summed E-state index contributed by atoms with van der Waals surface area (Å²) < 4.78 is 4.87. The van der Waals surface area contributed by atoms with Gasteiger partial charge >= 0.3 is 5.97 Å². The SMILES string of the molecule is O=C(COC(=O)Cc1ccccc1)NCCN1C(=O)CSC1=O. The van der Waals surface area contributed by atoms with Gasteiger partial charge < -0.3 is 10.1 Å². The molecule has 1 aromatic rings. The van der Waals surface area contributed by atoms with Crippen LogP contribution in [-0.2, 0) is 25.5 Å². The fourth-order valence-electron chi connectivity index (χ4n) is 1.91. The normalized spacial score (nSPS) is 14.0. The van der Waals surface area contributed by atoms with Crippen molar-refractivity contribution in [3.63, 3.8) is 0 Å². The third-order valence-corrected chi connectivity index (χ3v) is 3.91. The molecular formula is C15H16N2O5S. The molecule has 1 fully saturated rings. The Morgan fingerprint density at radius 3 is 2.61 bits per heavy atom. The van der Waals surface area contributed by atoms with Crippen molar-refractivity contribution in [1.82, 2.24) is 10.2 Å². The summed E-state index contributed by atoms with van der Waals surface area (Å²) in [4.78, 5) is 46.9. The molecule has 1 aliphatic rings. The van der Waals surface area contributed by atoms with Crippen LogP contribution in [0.2, 0.25) is 0 Å². The van der Waals surface area contributed by atoms with Crippen LogP contribution in [0.5, 0.6) is 0 Å². The molecule has 1 saturated heterocycles. The first-order valence-electron chi connectivity index (χ1n) is 6.99. The third kappa shape index (κ3) is 5.41. The van der Waals surface area contributed by atoms with Crippen molar-refractivity contribution >= 4 is 34.8 Å². The molecule has 0 radical (unpaired) electrons. The Morgan fingerprint density at radius 1 is 1.22 bits per heavy atom. The molecule has 0 aromatic heterocycles. The zero-order valence-electron chi connectivity index (χ0n) is 12.3. The first kappa shape index (κ1) is 17.0. The van der Waals surface area contributed by atoms with Gasteiger partial charge in [-0.25, -0.2) is 0 Å². The molecule has 8 heteroatoms. The van der Waals surface area contributed by atoms with Crippen LogP contribution in [-0.4, -0.2) is 53.4 Å². The molecule has 7 nitrogen and oxygen atoms in total. The van der Waals surface area contributed by atoms with Crippen molar-refractivity contribution in [2.24, 2.45) is 0 Å². The Kier molecular flexibility index (Phi) is 6.16. The van der Waals surface area contributed by atoms with Crippen LogP contribution in [0.1, 0.15) is 5.56 Å². The summed E-state index contributed by atoms with van der Waals surface area (Å²) in [5.41, 5.74) is 0.807. The maximum atomic E-state index is 11.6. The first-order valence-corrected chi connectivity index (χ1v) is 7.98. The summed E-state index contributed by atoms with van der Waals surface area (Å²) >= 11 is 0.943. The van der Waals surface area contributed by atoms with Gasteiger partial charge in [0, 0.05) is 13.1 Å². The van der Waals surface area contributed by atoms with Gasteiger partial charge in [0.15, 0.2) is 6.61 Å². The van der Waals surface area contributed by atoms with Crippen molar-refractivity contribution < 1.29 is 23.9 Å². The molecular weight excluding hydrogens is 320 g/mol. The highest BCUT2D eigenvalue weighted by molar-refractivity contribution is 8.14. The van der Waals surface area contributed by atoms with Gasteiger partial charge in [0.05, 0.1) is 12.2 Å². The van der Waals surface area contributed by atoms with E-state index in [4.69, 9.17) is 4.74 Å². The second kappa shape index (κ2) is 8.33. The van der Waals surface area contributed by atoms with E-state index in [1.807, 2.05) is 18.2 Å². The molecule has 0 saturated carbocycles. The molecule has 0 bridgehead atoms. The largest absolute Gasteiger partial charge is 0.455 e. The lowest BCUT2D eigenvalue weighted by atomic mass is 10.2. The van der Waals surface area contributed by atoms with E-state index in [1.54, 1.807) is 12.1 Å². The predicted molar refractivity (Wildman–Crippen MR) is 83.7 cm³/mol. The average Bonchev–Trinajstić information content (AvgIpc) is 2.86. The summed E-state index contributed by atoms with van der Waals surface area (Å²) in [6, 6.07) is 9.06. The van der Waals surface area contributed by atoms with E-state index in [-0.39, 0.29) is 43.0 Å². The molecule has 0 aliphatic carbocycles. The molecule has 1 N–H and O–H groups in total. The van der Waals surface area contributed by atoms with Crippen LogP contribution in [0.25, 0.3) is 0 Å². The van der Waals surface area contributed by atoms with Crippen LogP contribution < -0.4 is 5.32 Å². The van der Waals surface area contributed by atoms with Crippen LogP contribution in [0.4, 0.5) is 4.79 Å². The topological polar surface area (TPSA) is 92.8 Å². The Balaban J connectivity index is 1.62. The van der Waals surface area contributed by atoms with E-state index in [2.05, 4.69) is 5.32 Å². The summed E-state index contributed by atoms with van der Waals surface area (Å²) in [5.74, 6) is -1.08. The maximum absolute atomic E-state index is 11.6. The molecule has 1 aromatic carbocycles. The number of carbonyl (C=O) groups excluding carboxylic acids is 4. The summed E-state index contributed by atoms with van der Waals surface area (Å²) in [5, 5.41) is 2.19. The molecule has 122 valence electrons. The molecule has 0 atom stereocenters. The fraction of sp³-hybridized carbons (Fsp3) is 0.333. The van der Waals surface area contributed by atoms with E-state index >= 15 is 0 Å². The quantitative estimate of drug-likeness (QED) is 0.733. The average molecular weight is 336 g/mol. The number of imide groups is 1. The van der Waals surface area contributed by atoms with E-state index in [9.17, 15) is 19.2 Å². The minimum Gasteiger partial charge on any atom is -0.455 e. The van der Waals surface area contributed by atoms with Crippen molar-refractivity contribution in [3.8, 4) is 0 Å². The molecule has 0 spiro atoms. The highest BCUT2D eigenvalue weighted by atomic mass is 32.2. The summed E-state index contributed by atoms with van der Waals surface area (Å²) in [6.45, 7) is -0.135. The lowest BCUT2D eigenvalue weighted by Crippen LogP contribution is -2.38. The number of benzene rings is 1.